The maximum Gasteiger partial charge on any atom is 0.267 e. The van der Waals surface area contributed by atoms with Gasteiger partial charge < -0.3 is 15.8 Å². The second-order valence-corrected chi connectivity index (χ2v) is 9.57. The van der Waals surface area contributed by atoms with Crippen molar-refractivity contribution in [3.05, 3.63) is 89.5 Å². The molecule has 1 heterocycles. The number of benzene rings is 3. The van der Waals surface area contributed by atoms with E-state index in [1.54, 1.807) is 73.7 Å². The number of nitrogens with zero attached hydrogens (tertiary/aromatic N) is 1. The third-order valence-corrected chi connectivity index (χ3v) is 7.13. The molecule has 33 heavy (non-hydrogen) atoms. The molecule has 9 heteroatoms. The molecule has 0 aromatic heterocycles. The average Bonchev–Trinajstić information content (AvgIpc) is 2.79. The summed E-state index contributed by atoms with van der Waals surface area (Å²) < 4.78 is 33.7. The van der Waals surface area contributed by atoms with Crippen LogP contribution in [-0.2, 0) is 20.6 Å². The van der Waals surface area contributed by atoms with Gasteiger partial charge in [0.25, 0.3) is 5.91 Å². The number of hydrogen-bond acceptors (Lipinski definition) is 5. The van der Waals surface area contributed by atoms with Crippen LogP contribution in [-0.4, -0.2) is 32.9 Å². The Bertz CT molecular complexity index is 1310. The van der Waals surface area contributed by atoms with Crippen LogP contribution < -0.4 is 20.1 Å². The minimum Gasteiger partial charge on any atom is -0.476 e. The Kier molecular flexibility index (Phi) is 6.06. The lowest BCUT2D eigenvalue weighted by molar-refractivity contribution is -0.122. The van der Waals surface area contributed by atoms with Crippen LogP contribution in [0.25, 0.3) is 0 Å². The molecule has 1 aliphatic rings. The molecule has 0 spiro atoms. The summed E-state index contributed by atoms with van der Waals surface area (Å²) in [6, 6.07) is 20.4. The fourth-order valence-electron chi connectivity index (χ4n) is 3.72. The smallest absolute Gasteiger partial charge is 0.267 e. The second kappa shape index (κ2) is 8.95. The molecule has 1 aliphatic heterocycles. The number of anilines is 2. The third kappa shape index (κ3) is 4.68. The van der Waals surface area contributed by atoms with Gasteiger partial charge in [-0.15, -0.1) is 0 Å². The molecule has 0 saturated heterocycles. The van der Waals surface area contributed by atoms with Crippen LogP contribution in [0.1, 0.15) is 21.5 Å². The number of sulfonamides is 1. The Hall–Kier alpha value is -3.85. The van der Waals surface area contributed by atoms with Crippen molar-refractivity contribution in [3.63, 3.8) is 0 Å². The molecule has 0 aliphatic carbocycles. The molecular weight excluding hydrogens is 442 g/mol. The molecule has 0 bridgehead atoms. The topological polar surface area (TPSA) is 119 Å². The quantitative estimate of drug-likeness (QED) is 0.580. The van der Waals surface area contributed by atoms with Crippen LogP contribution >= 0.6 is 0 Å². The maximum atomic E-state index is 13.3. The molecule has 3 aromatic rings. The fourth-order valence-corrected chi connectivity index (χ4v) is 5.30. The van der Waals surface area contributed by atoms with E-state index >= 15 is 0 Å². The van der Waals surface area contributed by atoms with Crippen molar-refractivity contribution < 1.29 is 22.7 Å². The van der Waals surface area contributed by atoms with E-state index in [-0.39, 0.29) is 17.9 Å². The van der Waals surface area contributed by atoms with Crippen LogP contribution in [0.5, 0.6) is 5.75 Å². The second-order valence-electron chi connectivity index (χ2n) is 7.68. The zero-order valence-corrected chi connectivity index (χ0v) is 18.7. The highest BCUT2D eigenvalue weighted by Gasteiger charge is 2.36. The Labute approximate surface area is 192 Å². The van der Waals surface area contributed by atoms with Gasteiger partial charge in [0.2, 0.25) is 15.9 Å². The molecule has 2 amide bonds. The summed E-state index contributed by atoms with van der Waals surface area (Å²) in [5, 5.41) is 2.73. The first-order valence-electron chi connectivity index (χ1n) is 10.3. The Morgan fingerprint density at radius 3 is 2.45 bits per heavy atom. The first kappa shape index (κ1) is 22.3. The molecule has 3 N–H and O–H groups in total. The first-order valence-corrected chi connectivity index (χ1v) is 11.9. The van der Waals surface area contributed by atoms with Crippen LogP contribution in [0.3, 0.4) is 0 Å². The average molecular weight is 466 g/mol. The molecule has 0 fully saturated rings. The molecule has 4 rings (SSSR count). The van der Waals surface area contributed by atoms with Gasteiger partial charge in [0.15, 0.2) is 6.10 Å². The van der Waals surface area contributed by atoms with Gasteiger partial charge in [-0.1, -0.05) is 48.5 Å². The van der Waals surface area contributed by atoms with Crippen molar-refractivity contribution in [2.75, 3.05) is 16.2 Å². The molecule has 1 unspecified atom stereocenters. The lowest BCUT2D eigenvalue weighted by atomic mass is 10.1. The van der Waals surface area contributed by atoms with E-state index in [0.717, 1.165) is 0 Å². The van der Waals surface area contributed by atoms with Crippen LogP contribution in [0.4, 0.5) is 11.4 Å². The number of amides is 2. The predicted molar refractivity (Wildman–Crippen MR) is 126 cm³/mol. The third-order valence-electron chi connectivity index (χ3n) is 5.41. The number of rotatable bonds is 6. The number of hydrogen-bond donors (Lipinski definition) is 2. The van der Waals surface area contributed by atoms with Gasteiger partial charge in [-0.3, -0.25) is 13.9 Å². The van der Waals surface area contributed by atoms with E-state index in [9.17, 15) is 18.0 Å². The molecule has 1 atom stereocenters. The molecule has 170 valence electrons. The summed E-state index contributed by atoms with van der Waals surface area (Å²) in [7, 11) is -3.80. The number of ether oxygens (including phenoxy) is 1. The minimum absolute atomic E-state index is 0.188. The zero-order chi connectivity index (χ0) is 23.6. The van der Waals surface area contributed by atoms with Crippen molar-refractivity contribution >= 4 is 33.2 Å². The highest BCUT2D eigenvalue weighted by atomic mass is 32.2. The molecule has 0 radical (unpaired) electrons. The number of nitrogens with one attached hydrogen (secondary N) is 1. The van der Waals surface area contributed by atoms with Crippen LogP contribution in [0.2, 0.25) is 0 Å². The molecule has 3 aromatic carbocycles. The SMILES string of the molecule is Cc1c(NC(=O)C2CN(S(=O)(=O)Cc3ccccc3)c3ccccc3O2)cccc1C(N)=O. The highest BCUT2D eigenvalue weighted by Crippen LogP contribution is 2.36. The summed E-state index contributed by atoms with van der Waals surface area (Å²) >= 11 is 0. The van der Waals surface area contributed by atoms with E-state index in [1.165, 1.54) is 4.31 Å². The zero-order valence-electron chi connectivity index (χ0n) is 17.9. The lowest BCUT2D eigenvalue weighted by Crippen LogP contribution is -2.49. The summed E-state index contributed by atoms with van der Waals surface area (Å²) in [6.45, 7) is 1.48. The summed E-state index contributed by atoms with van der Waals surface area (Å²) in [5.74, 6) is -1.06. The van der Waals surface area contributed by atoms with Gasteiger partial charge in [-0.2, -0.15) is 0 Å². The largest absolute Gasteiger partial charge is 0.476 e. The summed E-state index contributed by atoms with van der Waals surface area (Å²) in [5.41, 5.74) is 7.61. The van der Waals surface area contributed by atoms with Crippen molar-refractivity contribution in [1.29, 1.82) is 0 Å². The van der Waals surface area contributed by atoms with Crippen LogP contribution in [0, 0.1) is 6.92 Å². The van der Waals surface area contributed by atoms with Gasteiger partial charge in [-0.25, -0.2) is 8.42 Å². The summed E-state index contributed by atoms with van der Waals surface area (Å²) in [4.78, 5) is 24.7. The van der Waals surface area contributed by atoms with Gasteiger partial charge in [0.05, 0.1) is 18.0 Å². The van der Waals surface area contributed by atoms with Gasteiger partial charge >= 0.3 is 0 Å². The van der Waals surface area contributed by atoms with Crippen molar-refractivity contribution in [2.45, 2.75) is 18.8 Å². The normalized spacial score (nSPS) is 15.3. The standard InChI is InChI=1S/C24H23N3O5S/c1-16-18(23(25)28)10-7-11-19(16)26-24(29)22-14-27(20-12-5-6-13-21(20)32-22)33(30,31)15-17-8-3-2-4-9-17/h2-13,22H,14-15H2,1H3,(H2,25,28)(H,26,29). The number of para-hydroxylation sites is 2. The van der Waals surface area contributed by atoms with E-state index in [1.807, 2.05) is 6.07 Å². The number of primary amides is 1. The predicted octanol–water partition coefficient (Wildman–Crippen LogP) is 2.83. The summed E-state index contributed by atoms with van der Waals surface area (Å²) in [6.07, 6.45) is -1.10. The number of carbonyl (C=O) groups is 2. The van der Waals surface area contributed by atoms with E-state index in [4.69, 9.17) is 10.5 Å². The fraction of sp³-hybridized carbons (Fsp3) is 0.167. The van der Waals surface area contributed by atoms with E-state index in [0.29, 0.717) is 28.3 Å². The molecule has 0 saturated carbocycles. The van der Waals surface area contributed by atoms with Gasteiger partial charge in [0, 0.05) is 11.3 Å². The van der Waals surface area contributed by atoms with Gasteiger partial charge in [0.1, 0.15) is 5.75 Å². The number of fused-ring (bicyclic) bond motifs is 1. The molecular formula is C24H23N3O5S. The van der Waals surface area contributed by atoms with E-state index < -0.39 is 27.9 Å². The van der Waals surface area contributed by atoms with Crippen molar-refractivity contribution in [3.8, 4) is 5.75 Å². The first-order chi connectivity index (χ1) is 15.8. The van der Waals surface area contributed by atoms with Crippen molar-refractivity contribution in [2.24, 2.45) is 5.73 Å². The Morgan fingerprint density at radius 1 is 1.03 bits per heavy atom. The minimum atomic E-state index is -3.80. The number of carbonyl (C=O) groups excluding carboxylic acids is 2. The van der Waals surface area contributed by atoms with Gasteiger partial charge in [-0.05, 0) is 42.3 Å². The highest BCUT2D eigenvalue weighted by molar-refractivity contribution is 7.92. The van der Waals surface area contributed by atoms with E-state index in [2.05, 4.69) is 5.32 Å². The Balaban J connectivity index is 1.62. The monoisotopic (exact) mass is 465 g/mol. The van der Waals surface area contributed by atoms with Crippen molar-refractivity contribution in [1.82, 2.24) is 0 Å². The maximum absolute atomic E-state index is 13.3. The number of nitrogens with two attached hydrogens (primary N) is 1. The Morgan fingerprint density at radius 2 is 1.73 bits per heavy atom. The lowest BCUT2D eigenvalue weighted by Gasteiger charge is -2.34. The molecule has 8 nitrogen and oxygen atoms in total. The van der Waals surface area contributed by atoms with Crippen LogP contribution in [0.15, 0.2) is 72.8 Å².